The summed E-state index contributed by atoms with van der Waals surface area (Å²) in [6.45, 7) is 0.495. The molecule has 3 rings (SSSR count). The zero-order valence-corrected chi connectivity index (χ0v) is 13.0. The van der Waals surface area contributed by atoms with Gasteiger partial charge < -0.3 is 14.7 Å². The van der Waals surface area contributed by atoms with Gasteiger partial charge in [0.15, 0.2) is 5.82 Å². The van der Waals surface area contributed by atoms with Gasteiger partial charge in [0, 0.05) is 23.8 Å². The number of hydrogen-bond acceptors (Lipinski definition) is 7. The number of thiophene rings is 1. The van der Waals surface area contributed by atoms with Crippen molar-refractivity contribution in [3.8, 4) is 0 Å². The summed E-state index contributed by atoms with van der Waals surface area (Å²) in [6, 6.07) is 1.75. The summed E-state index contributed by atoms with van der Waals surface area (Å²) in [6.07, 6.45) is 2.76. The van der Waals surface area contributed by atoms with Crippen LogP contribution in [-0.2, 0) is 29.2 Å². The maximum absolute atomic E-state index is 12.3. The molecule has 0 bridgehead atoms. The van der Waals surface area contributed by atoms with Crippen molar-refractivity contribution < 1.29 is 19.4 Å². The van der Waals surface area contributed by atoms with E-state index < -0.39 is 18.1 Å². The topological polar surface area (TPSA) is 102 Å². The first-order valence-corrected chi connectivity index (χ1v) is 7.53. The Morgan fingerprint density at radius 2 is 2.22 bits per heavy atom. The van der Waals surface area contributed by atoms with Crippen molar-refractivity contribution >= 4 is 29.1 Å². The molecule has 0 fully saturated rings. The number of carbonyl (C=O) groups is 2. The molecule has 9 heteroatoms. The zero-order chi connectivity index (χ0) is 16.6. The molecule has 3 heterocycles. The fraction of sp³-hybridized carbons (Fsp3) is 0.286. The van der Waals surface area contributed by atoms with E-state index in [0.717, 1.165) is 15.0 Å². The minimum Gasteiger partial charge on any atom is -0.480 e. The van der Waals surface area contributed by atoms with Crippen LogP contribution in [0.4, 0.5) is 5.82 Å². The predicted octanol–water partition coefficient (Wildman–Crippen LogP) is 0.696. The third-order valence-corrected chi connectivity index (χ3v) is 4.62. The van der Waals surface area contributed by atoms with Crippen LogP contribution < -0.4 is 10.5 Å². The van der Waals surface area contributed by atoms with E-state index in [4.69, 9.17) is 9.84 Å². The number of carbonyl (C=O) groups excluding carboxylic acids is 1. The molecule has 0 saturated carbocycles. The highest BCUT2D eigenvalue weighted by Gasteiger charge is 2.27. The molecule has 1 aliphatic heterocycles. The van der Waals surface area contributed by atoms with E-state index >= 15 is 0 Å². The molecule has 0 spiro atoms. The molecule has 120 valence electrons. The number of hydrogen-bond donors (Lipinski definition) is 1. The van der Waals surface area contributed by atoms with E-state index in [-0.39, 0.29) is 11.8 Å². The fourth-order valence-electron chi connectivity index (χ4n) is 2.44. The van der Waals surface area contributed by atoms with Crippen molar-refractivity contribution in [1.82, 2.24) is 9.55 Å². The number of ether oxygens (including phenoxy) is 1. The van der Waals surface area contributed by atoms with Gasteiger partial charge in [-0.3, -0.25) is 14.2 Å². The third-order valence-electron chi connectivity index (χ3n) is 3.48. The number of fused-ring (bicyclic) bond motifs is 1. The Labute approximate surface area is 134 Å². The molecule has 0 amide bonds. The minimum atomic E-state index is -1.09. The number of aliphatic carboxylic acids is 1. The van der Waals surface area contributed by atoms with Gasteiger partial charge >= 0.3 is 11.9 Å². The number of esters is 1. The van der Waals surface area contributed by atoms with Gasteiger partial charge in [-0.25, -0.2) is 9.78 Å². The Morgan fingerprint density at radius 1 is 1.43 bits per heavy atom. The lowest BCUT2D eigenvalue weighted by Crippen LogP contribution is -2.31. The van der Waals surface area contributed by atoms with Gasteiger partial charge in [-0.1, -0.05) is 0 Å². The molecule has 0 radical (unpaired) electrons. The van der Waals surface area contributed by atoms with Gasteiger partial charge in [0.1, 0.15) is 11.4 Å². The summed E-state index contributed by atoms with van der Waals surface area (Å²) in [5.74, 6) is -1.26. The molecule has 0 aromatic carbocycles. The van der Waals surface area contributed by atoms with E-state index in [2.05, 4.69) is 4.98 Å². The predicted molar refractivity (Wildman–Crippen MR) is 81.7 cm³/mol. The van der Waals surface area contributed by atoms with Crippen LogP contribution in [0.5, 0.6) is 0 Å². The highest BCUT2D eigenvalue weighted by molar-refractivity contribution is 7.14. The van der Waals surface area contributed by atoms with Gasteiger partial charge in [0.2, 0.25) is 0 Å². The molecule has 2 aromatic heterocycles. The Kier molecular flexibility index (Phi) is 3.87. The summed E-state index contributed by atoms with van der Waals surface area (Å²) >= 11 is 1.33. The highest BCUT2D eigenvalue weighted by Crippen LogP contribution is 2.32. The Hall–Kier alpha value is -2.68. The van der Waals surface area contributed by atoms with E-state index in [0.29, 0.717) is 18.0 Å². The smallest absolute Gasteiger partial charge is 0.348 e. The fourth-order valence-corrected chi connectivity index (χ4v) is 3.55. The number of nitrogens with zero attached hydrogens (tertiary/aromatic N) is 3. The van der Waals surface area contributed by atoms with Gasteiger partial charge in [-0.2, -0.15) is 0 Å². The van der Waals surface area contributed by atoms with E-state index in [1.54, 1.807) is 11.0 Å². The average Bonchev–Trinajstić information content (AvgIpc) is 3.06. The maximum atomic E-state index is 12.3. The average molecular weight is 335 g/mol. The lowest BCUT2D eigenvalue weighted by Gasteiger charge is -2.16. The van der Waals surface area contributed by atoms with Crippen LogP contribution in [0.1, 0.15) is 20.1 Å². The normalized spacial score (nSPS) is 13.0. The second-order valence-corrected chi connectivity index (χ2v) is 6.12. The first-order chi connectivity index (χ1) is 11.0. The van der Waals surface area contributed by atoms with Crippen LogP contribution >= 0.6 is 11.3 Å². The van der Waals surface area contributed by atoms with Crippen LogP contribution in [0.25, 0.3) is 0 Å². The summed E-state index contributed by atoms with van der Waals surface area (Å²) in [4.78, 5) is 42.0. The van der Waals surface area contributed by atoms with Crippen LogP contribution in [0.15, 0.2) is 23.3 Å². The van der Waals surface area contributed by atoms with Crippen LogP contribution in [-0.4, -0.2) is 33.7 Å². The van der Waals surface area contributed by atoms with Gasteiger partial charge in [0.05, 0.1) is 13.7 Å². The lowest BCUT2D eigenvalue weighted by atomic mass is 10.3. The SMILES string of the molecule is COC(=O)c1cc2c(s1)CN(c1nccn(CC(=O)O)c1=O)C2. The summed E-state index contributed by atoms with van der Waals surface area (Å²) < 4.78 is 5.80. The van der Waals surface area contributed by atoms with Crippen molar-refractivity contribution in [3.63, 3.8) is 0 Å². The Balaban J connectivity index is 1.85. The van der Waals surface area contributed by atoms with Crippen LogP contribution in [0.2, 0.25) is 0 Å². The van der Waals surface area contributed by atoms with Crippen molar-refractivity contribution in [2.45, 2.75) is 19.6 Å². The lowest BCUT2D eigenvalue weighted by molar-refractivity contribution is -0.137. The molecular weight excluding hydrogens is 322 g/mol. The van der Waals surface area contributed by atoms with Gasteiger partial charge in [0.25, 0.3) is 5.56 Å². The summed E-state index contributed by atoms with van der Waals surface area (Å²) in [7, 11) is 1.33. The number of carboxylic acids is 1. The van der Waals surface area contributed by atoms with Crippen LogP contribution in [0, 0.1) is 0 Å². The van der Waals surface area contributed by atoms with Crippen molar-refractivity contribution in [3.05, 3.63) is 44.1 Å². The first kappa shape index (κ1) is 15.2. The molecular formula is C14H13N3O5S. The quantitative estimate of drug-likeness (QED) is 0.820. The number of rotatable bonds is 4. The number of methoxy groups -OCH3 is 1. The second kappa shape index (κ2) is 5.84. The molecule has 1 N–H and O–H groups in total. The number of carboxylic acid groups (broad SMARTS) is 1. The molecule has 0 aliphatic carbocycles. The van der Waals surface area contributed by atoms with Gasteiger partial charge in [-0.05, 0) is 11.6 Å². The molecule has 8 nitrogen and oxygen atoms in total. The maximum Gasteiger partial charge on any atom is 0.348 e. The number of anilines is 1. The second-order valence-electron chi connectivity index (χ2n) is 4.98. The highest BCUT2D eigenvalue weighted by atomic mass is 32.1. The Morgan fingerprint density at radius 3 is 2.87 bits per heavy atom. The molecule has 0 atom stereocenters. The summed E-state index contributed by atoms with van der Waals surface area (Å²) in [5, 5.41) is 8.83. The van der Waals surface area contributed by atoms with Crippen molar-refractivity contribution in [1.29, 1.82) is 0 Å². The minimum absolute atomic E-state index is 0.205. The van der Waals surface area contributed by atoms with Crippen molar-refractivity contribution in [2.75, 3.05) is 12.0 Å². The standard InChI is InChI=1S/C14H13N3O5S/c1-22-14(21)9-4-8-5-17(6-10(8)23-9)12-13(20)16(3-2-15-12)7-11(18)19/h2-4H,5-7H2,1H3,(H,18,19). The molecule has 2 aromatic rings. The Bertz CT molecular complexity index is 818. The monoisotopic (exact) mass is 335 g/mol. The van der Waals surface area contributed by atoms with E-state index in [1.807, 2.05) is 0 Å². The van der Waals surface area contributed by atoms with Crippen LogP contribution in [0.3, 0.4) is 0 Å². The molecule has 0 unspecified atom stereocenters. The largest absolute Gasteiger partial charge is 0.480 e. The summed E-state index contributed by atoms with van der Waals surface area (Å²) in [5.41, 5.74) is 0.503. The van der Waals surface area contributed by atoms with Crippen molar-refractivity contribution in [2.24, 2.45) is 0 Å². The number of aromatic nitrogens is 2. The molecule has 0 saturated heterocycles. The molecule has 23 heavy (non-hydrogen) atoms. The molecule has 1 aliphatic rings. The zero-order valence-electron chi connectivity index (χ0n) is 12.2. The third kappa shape index (κ3) is 2.82. The first-order valence-electron chi connectivity index (χ1n) is 6.71. The van der Waals surface area contributed by atoms with E-state index in [9.17, 15) is 14.4 Å². The van der Waals surface area contributed by atoms with Gasteiger partial charge in [-0.15, -0.1) is 11.3 Å². The van der Waals surface area contributed by atoms with E-state index in [1.165, 1.54) is 30.8 Å².